The first kappa shape index (κ1) is 20.9. The van der Waals surface area contributed by atoms with E-state index in [1.54, 1.807) is 7.11 Å². The molecule has 156 valence electrons. The lowest BCUT2D eigenvalue weighted by Gasteiger charge is -2.23. The molecule has 0 aromatic heterocycles. The molecule has 2 aliphatic rings. The van der Waals surface area contributed by atoms with Crippen LogP contribution >= 0.6 is 0 Å². The zero-order chi connectivity index (χ0) is 20.0. The van der Waals surface area contributed by atoms with Gasteiger partial charge in [0, 0.05) is 19.0 Å². The van der Waals surface area contributed by atoms with Gasteiger partial charge in [-0.15, -0.1) is 0 Å². The largest absolute Gasteiger partial charge is 0.493 e. The summed E-state index contributed by atoms with van der Waals surface area (Å²) in [7, 11) is 1.65. The van der Waals surface area contributed by atoms with Crippen LogP contribution in [0.3, 0.4) is 0 Å². The van der Waals surface area contributed by atoms with Crippen LogP contribution in [-0.2, 0) is 11.3 Å². The molecule has 1 unspecified atom stereocenters. The maximum absolute atomic E-state index is 12.5. The average molecular weight is 390 g/mol. The fraction of sp³-hybridized carbons (Fsp3) is 0.682. The third kappa shape index (κ3) is 4.97. The number of rotatable bonds is 10. The van der Waals surface area contributed by atoms with Gasteiger partial charge in [0.2, 0.25) is 5.91 Å². The second kappa shape index (κ2) is 9.61. The molecule has 28 heavy (non-hydrogen) atoms. The molecule has 1 heterocycles. The number of methoxy groups -OCH3 is 1. The summed E-state index contributed by atoms with van der Waals surface area (Å²) < 4.78 is 11.4. The Labute approximate surface area is 169 Å². The summed E-state index contributed by atoms with van der Waals surface area (Å²) in [6.45, 7) is 10.5. The highest BCUT2D eigenvalue weighted by Crippen LogP contribution is 2.58. The molecule has 6 nitrogen and oxygen atoms in total. The van der Waals surface area contributed by atoms with Gasteiger partial charge in [-0.05, 0) is 68.6 Å². The lowest BCUT2D eigenvalue weighted by atomic mass is 9.92. The van der Waals surface area contributed by atoms with Gasteiger partial charge in [-0.2, -0.15) is 0 Å². The lowest BCUT2D eigenvalue weighted by molar-refractivity contribution is -0.123. The van der Waals surface area contributed by atoms with Crippen molar-refractivity contribution >= 4 is 5.91 Å². The molecule has 1 aliphatic heterocycles. The van der Waals surface area contributed by atoms with E-state index in [0.29, 0.717) is 18.9 Å². The first-order chi connectivity index (χ1) is 13.6. The Balaban J connectivity index is 1.49. The predicted molar refractivity (Wildman–Crippen MR) is 111 cm³/mol. The molecule has 1 aliphatic carbocycles. The molecule has 1 atom stereocenters. The fourth-order valence-electron chi connectivity index (χ4n) is 4.27. The molecule has 1 saturated heterocycles. The maximum Gasteiger partial charge on any atom is 0.223 e. The maximum atomic E-state index is 12.5. The number of amides is 1. The Bertz CT molecular complexity index is 654. The van der Waals surface area contributed by atoms with Crippen LogP contribution in [0.15, 0.2) is 18.2 Å². The Morgan fingerprint density at radius 1 is 1.25 bits per heavy atom. The number of piperidine rings is 1. The molecule has 1 aromatic rings. The van der Waals surface area contributed by atoms with Crippen molar-refractivity contribution in [3.8, 4) is 11.5 Å². The van der Waals surface area contributed by atoms with Crippen molar-refractivity contribution in [3.63, 3.8) is 0 Å². The van der Waals surface area contributed by atoms with Gasteiger partial charge in [0.25, 0.3) is 0 Å². The van der Waals surface area contributed by atoms with E-state index >= 15 is 0 Å². The van der Waals surface area contributed by atoms with Crippen LogP contribution in [-0.4, -0.2) is 57.2 Å². The second-order valence-corrected chi connectivity index (χ2v) is 7.95. The molecule has 2 fully saturated rings. The molecule has 1 amide bonds. The molecule has 1 aromatic carbocycles. The standard InChI is InChI=1S/C22H35N3O3/c1-4-25(5-2)12-13-28-19-7-6-17(14-20(19)27-3)16-24-21(26)18-15-22(18)8-10-23-11-9-22/h6-7,14,18,23H,4-5,8-13,15-16H2,1-3H3,(H,24,26). The van der Waals surface area contributed by atoms with Crippen molar-refractivity contribution in [2.24, 2.45) is 11.3 Å². The molecule has 3 rings (SSSR count). The Morgan fingerprint density at radius 3 is 2.68 bits per heavy atom. The predicted octanol–water partition coefficient (Wildman–Crippen LogP) is 2.42. The van der Waals surface area contributed by atoms with Crippen LogP contribution in [0.5, 0.6) is 11.5 Å². The molecular weight excluding hydrogens is 354 g/mol. The van der Waals surface area contributed by atoms with E-state index in [1.165, 1.54) is 0 Å². The van der Waals surface area contributed by atoms with Crippen molar-refractivity contribution in [2.75, 3.05) is 46.4 Å². The van der Waals surface area contributed by atoms with Gasteiger partial charge in [-0.1, -0.05) is 19.9 Å². The number of carbonyl (C=O) groups excluding carboxylic acids is 1. The molecule has 0 bridgehead atoms. The molecule has 6 heteroatoms. The third-order valence-corrected chi connectivity index (χ3v) is 6.36. The first-order valence-electron chi connectivity index (χ1n) is 10.6. The van der Waals surface area contributed by atoms with E-state index in [-0.39, 0.29) is 17.2 Å². The quantitative estimate of drug-likeness (QED) is 0.644. The summed E-state index contributed by atoms with van der Waals surface area (Å²) in [6, 6.07) is 5.90. The van der Waals surface area contributed by atoms with E-state index < -0.39 is 0 Å². The normalized spacial score (nSPS) is 20.2. The second-order valence-electron chi connectivity index (χ2n) is 7.95. The SMILES string of the molecule is CCN(CC)CCOc1ccc(CNC(=O)C2CC23CCNCC3)cc1OC. The smallest absolute Gasteiger partial charge is 0.223 e. The third-order valence-electron chi connectivity index (χ3n) is 6.36. The number of likely N-dealkylation sites (N-methyl/N-ethyl adjacent to an activating group) is 1. The summed E-state index contributed by atoms with van der Waals surface area (Å²) in [6.07, 6.45) is 3.29. The van der Waals surface area contributed by atoms with E-state index in [1.807, 2.05) is 18.2 Å². The van der Waals surface area contributed by atoms with Crippen LogP contribution in [0.2, 0.25) is 0 Å². The highest BCUT2D eigenvalue weighted by atomic mass is 16.5. The summed E-state index contributed by atoms with van der Waals surface area (Å²) in [5.74, 6) is 1.85. The number of carbonyl (C=O) groups is 1. The number of hydrogen-bond acceptors (Lipinski definition) is 5. The van der Waals surface area contributed by atoms with E-state index in [0.717, 1.165) is 63.3 Å². The van der Waals surface area contributed by atoms with Crippen molar-refractivity contribution in [2.45, 2.75) is 39.7 Å². The monoisotopic (exact) mass is 389 g/mol. The van der Waals surface area contributed by atoms with E-state index in [2.05, 4.69) is 29.4 Å². The molecule has 2 N–H and O–H groups in total. The minimum atomic E-state index is 0.194. The van der Waals surface area contributed by atoms with Crippen LogP contribution in [0.4, 0.5) is 0 Å². The first-order valence-corrected chi connectivity index (χ1v) is 10.6. The van der Waals surface area contributed by atoms with Crippen molar-refractivity contribution in [1.82, 2.24) is 15.5 Å². The van der Waals surface area contributed by atoms with Gasteiger partial charge in [-0.25, -0.2) is 0 Å². The fourth-order valence-corrected chi connectivity index (χ4v) is 4.27. The molecular formula is C22H35N3O3. The van der Waals surface area contributed by atoms with Gasteiger partial charge in [0.1, 0.15) is 6.61 Å². The van der Waals surface area contributed by atoms with Gasteiger partial charge >= 0.3 is 0 Å². The van der Waals surface area contributed by atoms with E-state index in [4.69, 9.17) is 9.47 Å². The summed E-state index contributed by atoms with van der Waals surface area (Å²) in [5, 5.41) is 6.50. The van der Waals surface area contributed by atoms with Crippen LogP contribution in [0, 0.1) is 11.3 Å². The Morgan fingerprint density at radius 2 is 2.00 bits per heavy atom. The number of ether oxygens (including phenoxy) is 2. The van der Waals surface area contributed by atoms with E-state index in [9.17, 15) is 4.79 Å². The van der Waals surface area contributed by atoms with Gasteiger partial charge in [0.15, 0.2) is 11.5 Å². The minimum Gasteiger partial charge on any atom is -0.493 e. The Hall–Kier alpha value is -1.79. The lowest BCUT2D eigenvalue weighted by Crippen LogP contribution is -2.33. The van der Waals surface area contributed by atoms with Crippen molar-refractivity contribution in [1.29, 1.82) is 0 Å². The van der Waals surface area contributed by atoms with Gasteiger partial charge < -0.3 is 25.0 Å². The number of benzene rings is 1. The van der Waals surface area contributed by atoms with Gasteiger partial charge in [-0.3, -0.25) is 4.79 Å². The summed E-state index contributed by atoms with van der Waals surface area (Å²) >= 11 is 0. The highest BCUT2D eigenvalue weighted by molar-refractivity contribution is 5.82. The van der Waals surface area contributed by atoms with Crippen LogP contribution in [0.1, 0.15) is 38.7 Å². The number of nitrogens with one attached hydrogen (secondary N) is 2. The topological polar surface area (TPSA) is 62.8 Å². The van der Waals surface area contributed by atoms with Crippen LogP contribution in [0.25, 0.3) is 0 Å². The molecule has 0 radical (unpaired) electrons. The molecule has 1 saturated carbocycles. The molecule has 1 spiro atoms. The highest BCUT2D eigenvalue weighted by Gasteiger charge is 2.57. The Kier molecular flexibility index (Phi) is 7.18. The number of hydrogen-bond donors (Lipinski definition) is 2. The van der Waals surface area contributed by atoms with Crippen molar-refractivity contribution in [3.05, 3.63) is 23.8 Å². The van der Waals surface area contributed by atoms with Crippen LogP contribution < -0.4 is 20.1 Å². The summed E-state index contributed by atoms with van der Waals surface area (Å²) in [4.78, 5) is 14.9. The number of nitrogens with zero attached hydrogens (tertiary/aromatic N) is 1. The zero-order valence-electron chi connectivity index (χ0n) is 17.6. The van der Waals surface area contributed by atoms with Gasteiger partial charge in [0.05, 0.1) is 7.11 Å². The van der Waals surface area contributed by atoms with Crippen molar-refractivity contribution < 1.29 is 14.3 Å². The zero-order valence-corrected chi connectivity index (χ0v) is 17.6. The summed E-state index contributed by atoms with van der Waals surface area (Å²) in [5.41, 5.74) is 1.30. The minimum absolute atomic E-state index is 0.194. The average Bonchev–Trinajstić information content (AvgIpc) is 3.43.